The number of likely N-dealkylation sites (N-methyl/N-ethyl adjacent to an activating group) is 1. The van der Waals surface area contributed by atoms with Crippen LogP contribution in [0.5, 0.6) is 0 Å². The van der Waals surface area contributed by atoms with Crippen molar-refractivity contribution < 1.29 is 9.59 Å². The Kier molecular flexibility index (Phi) is 5.27. The highest BCUT2D eigenvalue weighted by Crippen LogP contribution is 2.26. The van der Waals surface area contributed by atoms with Crippen molar-refractivity contribution in [1.29, 1.82) is 0 Å². The molecule has 0 saturated heterocycles. The Morgan fingerprint density at radius 2 is 1.45 bits per heavy atom. The Hall–Kier alpha value is -2.66. The van der Waals surface area contributed by atoms with Gasteiger partial charge in [-0.3, -0.25) is 15.0 Å². The maximum Gasteiger partial charge on any atom is 0.318 e. The smallest absolute Gasteiger partial charge is 0.318 e. The van der Waals surface area contributed by atoms with E-state index in [1.807, 2.05) is 72.6 Å². The summed E-state index contributed by atoms with van der Waals surface area (Å²) in [5.74, 6) is -0.424. The summed E-state index contributed by atoms with van der Waals surface area (Å²) >= 11 is 0. The van der Waals surface area contributed by atoms with Crippen LogP contribution in [0.4, 0.5) is 4.79 Å². The summed E-state index contributed by atoms with van der Waals surface area (Å²) in [4.78, 5) is 24.4. The van der Waals surface area contributed by atoms with Crippen LogP contribution in [0.3, 0.4) is 0 Å². The lowest BCUT2D eigenvalue weighted by atomic mass is 9.97. The molecule has 0 unspecified atom stereocenters. The van der Waals surface area contributed by atoms with Gasteiger partial charge in [-0.2, -0.15) is 0 Å². The summed E-state index contributed by atoms with van der Waals surface area (Å²) < 4.78 is 0. The third-order valence-electron chi connectivity index (χ3n) is 3.33. The lowest BCUT2D eigenvalue weighted by molar-refractivity contribution is -0.121. The van der Waals surface area contributed by atoms with Crippen molar-refractivity contribution >= 4 is 11.9 Å². The molecule has 3 N–H and O–H groups in total. The molecule has 0 spiro atoms. The zero-order valence-corrected chi connectivity index (χ0v) is 12.4. The first-order chi connectivity index (χ1) is 10.6. The lowest BCUT2D eigenvalue weighted by Crippen LogP contribution is -2.42. The first-order valence-electron chi connectivity index (χ1n) is 6.97. The van der Waals surface area contributed by atoms with Crippen LogP contribution in [0.25, 0.3) is 0 Å². The quantitative estimate of drug-likeness (QED) is 0.885. The van der Waals surface area contributed by atoms with Crippen molar-refractivity contribution in [3.05, 3.63) is 71.8 Å². The summed E-state index contributed by atoms with van der Waals surface area (Å²) in [6.45, 7) is 0.0669. The van der Waals surface area contributed by atoms with E-state index in [9.17, 15) is 9.59 Å². The van der Waals surface area contributed by atoms with Crippen molar-refractivity contribution in [2.75, 3.05) is 13.6 Å². The zero-order chi connectivity index (χ0) is 15.9. The second-order valence-corrected chi connectivity index (χ2v) is 5.05. The summed E-state index contributed by atoms with van der Waals surface area (Å²) in [6, 6.07) is 18.9. The molecule has 0 saturated carbocycles. The van der Waals surface area contributed by atoms with E-state index >= 15 is 0 Å². The highest BCUT2D eigenvalue weighted by Gasteiger charge is 2.21. The molecule has 3 amide bonds. The largest absolute Gasteiger partial charge is 0.351 e. The lowest BCUT2D eigenvalue weighted by Gasteiger charge is -2.28. The number of imide groups is 1. The maximum atomic E-state index is 11.8. The van der Waals surface area contributed by atoms with Crippen molar-refractivity contribution in [3.63, 3.8) is 0 Å². The predicted molar refractivity (Wildman–Crippen MR) is 85.1 cm³/mol. The Bertz CT molecular complexity index is 589. The van der Waals surface area contributed by atoms with E-state index in [1.165, 1.54) is 0 Å². The van der Waals surface area contributed by atoms with Crippen LogP contribution < -0.4 is 11.1 Å². The molecule has 0 fully saturated rings. The molecule has 2 rings (SSSR count). The summed E-state index contributed by atoms with van der Waals surface area (Å²) in [5, 5.41) is 2.09. The molecule has 0 atom stereocenters. The van der Waals surface area contributed by atoms with Crippen molar-refractivity contribution in [2.45, 2.75) is 6.04 Å². The number of benzene rings is 2. The summed E-state index contributed by atoms with van der Waals surface area (Å²) in [6.07, 6.45) is 0. The highest BCUT2D eigenvalue weighted by molar-refractivity contribution is 5.94. The molecule has 0 radical (unpaired) electrons. The van der Waals surface area contributed by atoms with Crippen molar-refractivity contribution in [2.24, 2.45) is 5.73 Å². The Labute approximate surface area is 129 Å². The Morgan fingerprint density at radius 3 is 1.86 bits per heavy atom. The minimum atomic E-state index is -0.839. The molecule has 5 nitrogen and oxygen atoms in total. The van der Waals surface area contributed by atoms with Crippen LogP contribution in [0.1, 0.15) is 17.2 Å². The molecule has 114 valence electrons. The van der Waals surface area contributed by atoms with E-state index in [0.717, 1.165) is 11.1 Å². The molecule has 0 aliphatic carbocycles. The number of nitrogens with two attached hydrogens (primary N) is 1. The van der Waals surface area contributed by atoms with Gasteiger partial charge in [0.25, 0.3) is 0 Å². The molecule has 0 aliphatic rings. The zero-order valence-electron chi connectivity index (χ0n) is 12.4. The maximum absolute atomic E-state index is 11.8. The van der Waals surface area contributed by atoms with Crippen LogP contribution in [0, 0.1) is 0 Å². The van der Waals surface area contributed by atoms with Gasteiger partial charge >= 0.3 is 6.03 Å². The van der Waals surface area contributed by atoms with Gasteiger partial charge < -0.3 is 5.73 Å². The number of nitrogens with one attached hydrogen (secondary N) is 1. The van der Waals surface area contributed by atoms with Crippen LogP contribution in [0.15, 0.2) is 60.7 Å². The second-order valence-electron chi connectivity index (χ2n) is 5.05. The van der Waals surface area contributed by atoms with Gasteiger partial charge in [0, 0.05) is 0 Å². The van der Waals surface area contributed by atoms with E-state index in [1.54, 1.807) is 0 Å². The Morgan fingerprint density at radius 1 is 1.00 bits per heavy atom. The number of hydrogen-bond donors (Lipinski definition) is 2. The van der Waals surface area contributed by atoms with E-state index in [4.69, 9.17) is 5.73 Å². The molecule has 2 aromatic carbocycles. The van der Waals surface area contributed by atoms with Gasteiger partial charge in [0.1, 0.15) is 0 Å². The molecule has 2 aromatic rings. The molecule has 0 aliphatic heterocycles. The van der Waals surface area contributed by atoms with E-state index < -0.39 is 11.9 Å². The van der Waals surface area contributed by atoms with Gasteiger partial charge in [-0.25, -0.2) is 4.79 Å². The van der Waals surface area contributed by atoms with Gasteiger partial charge in [0.2, 0.25) is 5.91 Å². The van der Waals surface area contributed by atoms with Crippen LogP contribution in [0.2, 0.25) is 0 Å². The number of nitrogens with zero attached hydrogens (tertiary/aromatic N) is 1. The Balaban J connectivity index is 2.25. The number of rotatable bonds is 5. The molecular weight excluding hydrogens is 278 g/mol. The third kappa shape index (κ3) is 4.17. The van der Waals surface area contributed by atoms with E-state index in [0.29, 0.717) is 0 Å². The second kappa shape index (κ2) is 7.38. The standard InChI is InChI=1S/C17H19N3O2/c1-20(12-15(21)19-17(18)22)16(13-8-4-2-5-9-13)14-10-6-3-7-11-14/h2-11,16H,12H2,1H3,(H3,18,19,21,22). The monoisotopic (exact) mass is 297 g/mol. The molecule has 0 heterocycles. The summed E-state index contributed by atoms with van der Waals surface area (Å²) in [7, 11) is 1.84. The predicted octanol–water partition coefficient (Wildman–Crippen LogP) is 1.90. The van der Waals surface area contributed by atoms with Gasteiger partial charge in [0.15, 0.2) is 0 Å². The average molecular weight is 297 g/mol. The number of primary amides is 1. The van der Waals surface area contributed by atoms with Crippen LogP contribution >= 0.6 is 0 Å². The SMILES string of the molecule is CN(CC(=O)NC(N)=O)C(c1ccccc1)c1ccccc1. The number of hydrogen-bond acceptors (Lipinski definition) is 3. The van der Waals surface area contributed by atoms with Crippen LogP contribution in [-0.2, 0) is 4.79 Å². The van der Waals surface area contributed by atoms with Crippen molar-refractivity contribution in [3.8, 4) is 0 Å². The fraction of sp³-hybridized carbons (Fsp3) is 0.176. The fourth-order valence-corrected chi connectivity index (χ4v) is 2.47. The molecular formula is C17H19N3O2. The minimum absolute atomic E-state index is 0.0669. The number of carbonyl (C=O) groups is 2. The molecule has 5 heteroatoms. The fourth-order valence-electron chi connectivity index (χ4n) is 2.47. The molecule has 0 bridgehead atoms. The van der Waals surface area contributed by atoms with Gasteiger partial charge in [-0.1, -0.05) is 60.7 Å². The third-order valence-corrected chi connectivity index (χ3v) is 3.33. The number of carbonyl (C=O) groups excluding carboxylic acids is 2. The van der Waals surface area contributed by atoms with Gasteiger partial charge in [-0.15, -0.1) is 0 Å². The highest BCUT2D eigenvalue weighted by atomic mass is 16.2. The topological polar surface area (TPSA) is 75.4 Å². The van der Waals surface area contributed by atoms with E-state index in [2.05, 4.69) is 5.32 Å². The van der Waals surface area contributed by atoms with E-state index in [-0.39, 0.29) is 12.6 Å². The molecule has 22 heavy (non-hydrogen) atoms. The molecule has 0 aromatic heterocycles. The van der Waals surface area contributed by atoms with Crippen LogP contribution in [-0.4, -0.2) is 30.4 Å². The first kappa shape index (κ1) is 15.7. The number of urea groups is 1. The minimum Gasteiger partial charge on any atom is -0.351 e. The van der Waals surface area contributed by atoms with Crippen molar-refractivity contribution in [1.82, 2.24) is 10.2 Å². The average Bonchev–Trinajstić information content (AvgIpc) is 2.48. The van der Waals surface area contributed by atoms with Gasteiger partial charge in [0.05, 0.1) is 12.6 Å². The van der Waals surface area contributed by atoms with Gasteiger partial charge in [-0.05, 0) is 18.2 Å². The summed E-state index contributed by atoms with van der Waals surface area (Å²) in [5.41, 5.74) is 7.12. The first-order valence-corrected chi connectivity index (χ1v) is 6.97. The normalized spacial score (nSPS) is 10.7. The number of amides is 3.